The molecule has 2 heterocycles. The normalized spacial score (nSPS) is 19.3. The van der Waals surface area contributed by atoms with Gasteiger partial charge in [-0.05, 0) is 13.8 Å². The van der Waals surface area contributed by atoms with Crippen molar-refractivity contribution in [1.82, 2.24) is 4.98 Å². The van der Waals surface area contributed by atoms with Gasteiger partial charge in [-0.25, -0.2) is 9.78 Å². The minimum absolute atomic E-state index is 0.363. The Morgan fingerprint density at radius 1 is 1.47 bits per heavy atom. The predicted octanol–water partition coefficient (Wildman–Crippen LogP) is 1.83. The van der Waals surface area contributed by atoms with Gasteiger partial charge in [0.1, 0.15) is 11.1 Å². The van der Waals surface area contributed by atoms with Crippen LogP contribution < -0.4 is 0 Å². The molecule has 2 atom stereocenters. The summed E-state index contributed by atoms with van der Waals surface area (Å²) in [6.45, 7) is 4.60. The number of aromatic nitrogens is 1. The van der Waals surface area contributed by atoms with Gasteiger partial charge in [-0.1, -0.05) is 0 Å². The summed E-state index contributed by atoms with van der Waals surface area (Å²) in [5, 5.41) is 0.746. The van der Waals surface area contributed by atoms with Gasteiger partial charge in [0, 0.05) is 13.3 Å². The molecular weight excluding hydrogens is 270 g/mol. The first-order valence-corrected chi connectivity index (χ1v) is 6.85. The molecule has 0 aromatic carbocycles. The third-order valence-electron chi connectivity index (χ3n) is 2.74. The van der Waals surface area contributed by atoms with Crippen LogP contribution in [0.2, 0.25) is 0 Å². The quantitative estimate of drug-likeness (QED) is 0.770. The van der Waals surface area contributed by atoms with E-state index in [0.29, 0.717) is 13.2 Å². The van der Waals surface area contributed by atoms with Crippen LogP contribution in [0.25, 0.3) is 0 Å². The molecule has 1 aromatic rings. The van der Waals surface area contributed by atoms with Crippen molar-refractivity contribution in [3.63, 3.8) is 0 Å². The van der Waals surface area contributed by atoms with E-state index in [4.69, 9.17) is 18.9 Å². The van der Waals surface area contributed by atoms with E-state index in [9.17, 15) is 4.79 Å². The van der Waals surface area contributed by atoms with Crippen LogP contribution in [0.3, 0.4) is 0 Å². The molecule has 1 saturated heterocycles. The second-order valence-corrected chi connectivity index (χ2v) is 5.23. The number of ether oxygens (including phenoxy) is 4. The lowest BCUT2D eigenvalue weighted by molar-refractivity contribution is -0.159. The third kappa shape index (κ3) is 3.50. The van der Waals surface area contributed by atoms with Gasteiger partial charge >= 0.3 is 5.97 Å². The van der Waals surface area contributed by atoms with Crippen molar-refractivity contribution in [2.24, 2.45) is 0 Å². The smallest absolute Gasteiger partial charge is 0.335 e. The van der Waals surface area contributed by atoms with Crippen LogP contribution in [0.4, 0.5) is 0 Å². The zero-order valence-electron chi connectivity index (χ0n) is 11.1. The van der Waals surface area contributed by atoms with E-state index in [2.05, 4.69) is 4.98 Å². The number of rotatable bonds is 5. The Morgan fingerprint density at radius 3 is 2.79 bits per heavy atom. The van der Waals surface area contributed by atoms with Gasteiger partial charge in [-0.2, -0.15) is 0 Å². The minimum Gasteiger partial charge on any atom is -0.455 e. The highest BCUT2D eigenvalue weighted by Crippen LogP contribution is 2.31. The molecule has 106 valence electrons. The number of esters is 1. The topological polar surface area (TPSA) is 66.9 Å². The maximum Gasteiger partial charge on any atom is 0.335 e. The molecule has 2 rings (SSSR count). The summed E-state index contributed by atoms with van der Waals surface area (Å²) in [5.41, 5.74) is 0. The van der Waals surface area contributed by atoms with Gasteiger partial charge < -0.3 is 18.9 Å². The summed E-state index contributed by atoms with van der Waals surface area (Å²) in [7, 11) is 1.47. The number of hydrogen-bond donors (Lipinski definition) is 0. The van der Waals surface area contributed by atoms with E-state index >= 15 is 0 Å². The Hall–Kier alpha value is -1.02. The lowest BCUT2D eigenvalue weighted by Crippen LogP contribution is -2.22. The van der Waals surface area contributed by atoms with Crippen LogP contribution in [0.1, 0.15) is 36.1 Å². The molecule has 19 heavy (non-hydrogen) atoms. The van der Waals surface area contributed by atoms with Crippen LogP contribution in [-0.2, 0) is 23.7 Å². The van der Waals surface area contributed by atoms with Gasteiger partial charge in [-0.3, -0.25) is 0 Å². The molecule has 0 saturated carbocycles. The van der Waals surface area contributed by atoms with Crippen LogP contribution in [-0.4, -0.2) is 37.4 Å². The highest BCUT2D eigenvalue weighted by molar-refractivity contribution is 7.11. The summed E-state index contributed by atoms with van der Waals surface area (Å²) in [6.07, 6.45) is 0.356. The zero-order chi connectivity index (χ0) is 13.8. The van der Waals surface area contributed by atoms with E-state index in [-0.39, 0.29) is 12.4 Å². The van der Waals surface area contributed by atoms with Gasteiger partial charge in [0.2, 0.25) is 6.29 Å². The van der Waals surface area contributed by atoms with Crippen molar-refractivity contribution in [2.45, 2.75) is 32.3 Å². The van der Waals surface area contributed by atoms with Gasteiger partial charge in [0.25, 0.3) is 0 Å². The number of thiazole rings is 1. The largest absolute Gasteiger partial charge is 0.455 e. The maximum atomic E-state index is 11.6. The molecule has 0 N–H and O–H groups in total. The number of methoxy groups -OCH3 is 1. The number of hydrogen-bond acceptors (Lipinski definition) is 7. The molecule has 0 spiro atoms. The van der Waals surface area contributed by atoms with Crippen LogP contribution >= 0.6 is 11.3 Å². The van der Waals surface area contributed by atoms with Crippen molar-refractivity contribution in [1.29, 1.82) is 0 Å². The number of carbonyl (C=O) groups excluding carboxylic acids is 1. The standard InChI is InChI=1S/C12H17NO5S/c1-7(18-11(14)8(2)15-3)9-6-13-10(19-9)12-16-4-5-17-12/h6-8,12H,4-5H2,1-3H3/t7-,8+/m1/s1. The third-order valence-corrected chi connectivity index (χ3v) is 3.92. The first-order chi connectivity index (χ1) is 9.11. The summed E-state index contributed by atoms with van der Waals surface area (Å²) in [4.78, 5) is 16.7. The fourth-order valence-corrected chi connectivity index (χ4v) is 2.42. The molecule has 0 unspecified atom stereocenters. The van der Waals surface area contributed by atoms with Crippen LogP contribution in [0.5, 0.6) is 0 Å². The highest BCUT2D eigenvalue weighted by Gasteiger charge is 2.24. The van der Waals surface area contributed by atoms with Crippen molar-refractivity contribution < 1.29 is 23.7 Å². The number of carbonyl (C=O) groups is 1. The van der Waals surface area contributed by atoms with Crippen molar-refractivity contribution in [3.05, 3.63) is 16.1 Å². The molecule has 0 radical (unpaired) electrons. The summed E-state index contributed by atoms with van der Waals surface area (Å²) < 4.78 is 20.9. The van der Waals surface area contributed by atoms with Gasteiger partial charge in [-0.15, -0.1) is 11.3 Å². The SMILES string of the molecule is CO[C@@H](C)C(=O)O[C@H](C)c1cnc(C2OCCO2)s1. The molecular formula is C12H17NO5S. The summed E-state index contributed by atoms with van der Waals surface area (Å²) in [6, 6.07) is 0. The van der Waals surface area contributed by atoms with Crippen molar-refractivity contribution in [2.75, 3.05) is 20.3 Å². The fourth-order valence-electron chi connectivity index (χ4n) is 1.52. The monoisotopic (exact) mass is 287 g/mol. The molecule has 1 fully saturated rings. The van der Waals surface area contributed by atoms with E-state index in [1.807, 2.05) is 0 Å². The minimum atomic E-state index is -0.573. The Bertz CT molecular complexity index is 430. The van der Waals surface area contributed by atoms with E-state index in [1.54, 1.807) is 20.0 Å². The van der Waals surface area contributed by atoms with Gasteiger partial charge in [0.15, 0.2) is 6.10 Å². The molecule has 7 heteroatoms. The summed E-state index contributed by atoms with van der Waals surface area (Å²) >= 11 is 1.42. The second-order valence-electron chi connectivity index (χ2n) is 4.13. The Balaban J connectivity index is 1.95. The van der Waals surface area contributed by atoms with Gasteiger partial charge in [0.05, 0.1) is 18.1 Å². The maximum absolute atomic E-state index is 11.6. The first-order valence-electron chi connectivity index (χ1n) is 6.04. The molecule has 1 aromatic heterocycles. The summed E-state index contributed by atoms with van der Waals surface area (Å²) in [5.74, 6) is -0.390. The lowest BCUT2D eigenvalue weighted by Gasteiger charge is -2.14. The van der Waals surface area contributed by atoms with Crippen molar-refractivity contribution in [3.8, 4) is 0 Å². The molecule has 6 nitrogen and oxygen atoms in total. The van der Waals surface area contributed by atoms with E-state index < -0.39 is 12.1 Å². The lowest BCUT2D eigenvalue weighted by atomic mass is 10.3. The second kappa shape index (κ2) is 6.42. The Morgan fingerprint density at radius 2 is 2.16 bits per heavy atom. The zero-order valence-corrected chi connectivity index (χ0v) is 11.9. The Kier molecular flexibility index (Phi) is 4.87. The van der Waals surface area contributed by atoms with E-state index in [0.717, 1.165) is 9.88 Å². The van der Waals surface area contributed by atoms with E-state index in [1.165, 1.54) is 18.4 Å². The molecule has 0 bridgehead atoms. The average Bonchev–Trinajstić information content (AvgIpc) is 3.07. The Labute approximate surface area is 115 Å². The molecule has 1 aliphatic heterocycles. The average molecular weight is 287 g/mol. The number of nitrogens with zero attached hydrogens (tertiary/aromatic N) is 1. The van der Waals surface area contributed by atoms with Crippen molar-refractivity contribution >= 4 is 17.3 Å². The van der Waals surface area contributed by atoms with Crippen LogP contribution in [0.15, 0.2) is 6.20 Å². The molecule has 1 aliphatic rings. The molecule has 0 amide bonds. The van der Waals surface area contributed by atoms with Crippen LogP contribution in [0, 0.1) is 0 Å². The highest BCUT2D eigenvalue weighted by atomic mass is 32.1. The fraction of sp³-hybridized carbons (Fsp3) is 0.667. The molecule has 0 aliphatic carbocycles. The first kappa shape index (κ1) is 14.4. The predicted molar refractivity (Wildman–Crippen MR) is 67.7 cm³/mol.